The molecule has 5 atom stereocenters. The Labute approximate surface area is 176 Å². The van der Waals surface area contributed by atoms with E-state index in [1.807, 2.05) is 12.1 Å². The number of carbonyl (C=O) groups is 1. The molecule has 1 amide bonds. The van der Waals surface area contributed by atoms with Crippen LogP contribution in [0.3, 0.4) is 0 Å². The largest absolute Gasteiger partial charge is 0.389 e. The minimum absolute atomic E-state index is 0.0272. The van der Waals surface area contributed by atoms with Crippen LogP contribution < -0.4 is 10.6 Å². The molecule has 30 heavy (non-hydrogen) atoms. The van der Waals surface area contributed by atoms with Crippen LogP contribution in [0.2, 0.25) is 5.28 Å². The van der Waals surface area contributed by atoms with Gasteiger partial charge in [-0.25, -0.2) is 4.98 Å². The van der Waals surface area contributed by atoms with E-state index < -0.39 is 23.7 Å². The molecule has 156 valence electrons. The molecule has 10 nitrogen and oxygen atoms in total. The Morgan fingerprint density at radius 3 is 2.97 bits per heavy atom. The monoisotopic (exact) mass is 429 g/mol. The van der Waals surface area contributed by atoms with Gasteiger partial charge in [0.25, 0.3) is 0 Å². The van der Waals surface area contributed by atoms with E-state index in [2.05, 4.69) is 30.6 Å². The van der Waals surface area contributed by atoms with E-state index in [4.69, 9.17) is 11.6 Å². The molecule has 3 aromatic rings. The third-order valence-electron chi connectivity index (χ3n) is 6.22. The predicted octanol–water partition coefficient (Wildman–Crippen LogP) is 0.516. The summed E-state index contributed by atoms with van der Waals surface area (Å²) >= 11 is 6.16. The fraction of sp³-hybridized carbons (Fsp3) is 0.421. The van der Waals surface area contributed by atoms with Gasteiger partial charge in [-0.2, -0.15) is 9.97 Å². The van der Waals surface area contributed by atoms with Crippen LogP contribution >= 0.6 is 11.6 Å². The Balaban J connectivity index is 1.50. The molecule has 3 aromatic heterocycles. The quantitative estimate of drug-likeness (QED) is 0.430. The minimum Gasteiger partial charge on any atom is -0.389 e. The number of hydrogen-bond acceptors (Lipinski definition) is 8. The highest BCUT2D eigenvalue weighted by Gasteiger charge is 2.75. The molecule has 0 unspecified atom stereocenters. The molecular weight excluding hydrogens is 410 g/mol. The van der Waals surface area contributed by atoms with Gasteiger partial charge in [0.05, 0.1) is 23.9 Å². The van der Waals surface area contributed by atoms with Crippen LogP contribution in [0, 0.1) is 11.3 Å². The first kappa shape index (κ1) is 19.2. The highest BCUT2D eigenvalue weighted by Crippen LogP contribution is 2.67. The van der Waals surface area contributed by atoms with E-state index in [1.54, 1.807) is 23.3 Å². The highest BCUT2D eigenvalue weighted by atomic mass is 35.5. The summed E-state index contributed by atoms with van der Waals surface area (Å²) in [5, 5.41) is 27.1. The first-order valence-electron chi connectivity index (χ1n) is 9.58. The van der Waals surface area contributed by atoms with E-state index in [0.717, 1.165) is 5.56 Å². The van der Waals surface area contributed by atoms with Gasteiger partial charge in [0.1, 0.15) is 6.10 Å². The molecule has 0 saturated heterocycles. The van der Waals surface area contributed by atoms with Crippen molar-refractivity contribution in [2.45, 2.75) is 31.2 Å². The molecule has 5 rings (SSSR count). The maximum absolute atomic E-state index is 12.4. The number of aliphatic hydroxyl groups is 2. The summed E-state index contributed by atoms with van der Waals surface area (Å²) in [6, 6.07) is 3.23. The maximum atomic E-state index is 12.4. The second-order valence-corrected chi connectivity index (χ2v) is 8.07. The third kappa shape index (κ3) is 2.68. The first-order chi connectivity index (χ1) is 14.5. The molecule has 0 radical (unpaired) electrons. The van der Waals surface area contributed by atoms with Gasteiger partial charge in [-0.05, 0) is 29.7 Å². The highest BCUT2D eigenvalue weighted by molar-refractivity contribution is 6.28. The number of amides is 1. The van der Waals surface area contributed by atoms with Crippen molar-refractivity contribution in [2.75, 3.05) is 12.4 Å². The zero-order chi connectivity index (χ0) is 21.0. The zero-order valence-electron chi connectivity index (χ0n) is 16.0. The fourth-order valence-corrected chi connectivity index (χ4v) is 4.87. The van der Waals surface area contributed by atoms with Crippen LogP contribution in [0.1, 0.15) is 18.0 Å². The van der Waals surface area contributed by atoms with Crippen molar-refractivity contribution < 1.29 is 15.0 Å². The summed E-state index contributed by atoms with van der Waals surface area (Å²) < 4.78 is 1.69. The molecule has 2 saturated carbocycles. The number of aliphatic hydroxyl groups excluding tert-OH is 2. The number of nitrogens with one attached hydrogen (secondary N) is 2. The van der Waals surface area contributed by atoms with E-state index in [0.29, 0.717) is 29.9 Å². The Bertz CT molecular complexity index is 1120. The van der Waals surface area contributed by atoms with Crippen molar-refractivity contribution in [1.82, 2.24) is 29.8 Å². The average molecular weight is 430 g/mol. The number of imidazole rings is 1. The lowest BCUT2D eigenvalue weighted by Gasteiger charge is -2.23. The molecule has 2 fully saturated rings. The van der Waals surface area contributed by atoms with Crippen LogP contribution in [-0.4, -0.2) is 59.9 Å². The van der Waals surface area contributed by atoms with Crippen LogP contribution in [0.4, 0.5) is 5.82 Å². The number of fused-ring (bicyclic) bond motifs is 2. The lowest BCUT2D eigenvalue weighted by Crippen LogP contribution is -2.41. The number of nitrogens with zero attached hydrogens (tertiary/aromatic N) is 5. The first-order valence-corrected chi connectivity index (χ1v) is 9.96. The van der Waals surface area contributed by atoms with E-state index in [1.165, 1.54) is 7.05 Å². The summed E-state index contributed by atoms with van der Waals surface area (Å²) in [4.78, 5) is 29.4. The van der Waals surface area contributed by atoms with Crippen molar-refractivity contribution in [3.8, 4) is 0 Å². The summed E-state index contributed by atoms with van der Waals surface area (Å²) in [7, 11) is 1.53. The lowest BCUT2D eigenvalue weighted by molar-refractivity contribution is -0.132. The molecule has 2 aliphatic carbocycles. The van der Waals surface area contributed by atoms with Gasteiger partial charge in [0.2, 0.25) is 11.2 Å². The maximum Gasteiger partial charge on any atom is 0.229 e. The molecule has 3 heterocycles. The normalized spacial score (nSPS) is 29.6. The van der Waals surface area contributed by atoms with Gasteiger partial charge < -0.3 is 25.4 Å². The predicted molar refractivity (Wildman–Crippen MR) is 108 cm³/mol. The van der Waals surface area contributed by atoms with Crippen LogP contribution in [0.5, 0.6) is 0 Å². The molecule has 11 heteroatoms. The van der Waals surface area contributed by atoms with Gasteiger partial charge in [0.15, 0.2) is 17.0 Å². The number of pyridine rings is 1. The van der Waals surface area contributed by atoms with E-state index in [-0.39, 0.29) is 17.1 Å². The van der Waals surface area contributed by atoms with Crippen molar-refractivity contribution in [1.29, 1.82) is 0 Å². The molecule has 0 aliphatic heterocycles. The van der Waals surface area contributed by atoms with Crippen LogP contribution in [0.15, 0.2) is 30.9 Å². The zero-order valence-corrected chi connectivity index (χ0v) is 16.8. The Kier molecular flexibility index (Phi) is 4.38. The van der Waals surface area contributed by atoms with Crippen molar-refractivity contribution in [3.63, 3.8) is 0 Å². The lowest BCUT2D eigenvalue weighted by atomic mass is 9.98. The van der Waals surface area contributed by atoms with Crippen molar-refractivity contribution in [2.24, 2.45) is 11.3 Å². The summed E-state index contributed by atoms with van der Waals surface area (Å²) in [6.07, 6.45) is 3.18. The molecule has 2 aliphatic rings. The summed E-state index contributed by atoms with van der Waals surface area (Å²) in [5.41, 5.74) is 0.901. The number of anilines is 1. The SMILES string of the molecule is CNC(=O)[C@]12C[C@H]1[C@@H](n1cnc3c(NCc4cccnc4)nc(Cl)nc31)[C@H](O)[C@@H]2O. The standard InChI is InChI=1S/C19H20ClN7O3/c1-21-17(30)19-5-10(19)12(13(28)14(19)29)27-8-24-11-15(25-18(20)26-16(11)27)23-7-9-3-2-4-22-6-9/h2-4,6,8,10,12-14,28-29H,5,7H2,1H3,(H,21,30)(H,23,25,26)/t10-,12+,13-,14-,19+/m0/s1. The third-order valence-corrected chi connectivity index (χ3v) is 6.39. The molecule has 4 N–H and O–H groups in total. The molecular formula is C19H20ClN7O3. The minimum atomic E-state index is -1.16. The van der Waals surface area contributed by atoms with Gasteiger partial charge in [0, 0.05) is 31.9 Å². The molecule has 0 bridgehead atoms. The molecule has 0 spiro atoms. The fourth-order valence-electron chi connectivity index (χ4n) is 4.71. The second kappa shape index (κ2) is 6.86. The average Bonchev–Trinajstić information content (AvgIpc) is 3.30. The van der Waals surface area contributed by atoms with Gasteiger partial charge in [-0.15, -0.1) is 0 Å². The Morgan fingerprint density at radius 1 is 1.40 bits per heavy atom. The van der Waals surface area contributed by atoms with Crippen LogP contribution in [0.25, 0.3) is 11.2 Å². The van der Waals surface area contributed by atoms with Crippen LogP contribution in [-0.2, 0) is 11.3 Å². The second-order valence-electron chi connectivity index (χ2n) is 7.74. The van der Waals surface area contributed by atoms with E-state index in [9.17, 15) is 15.0 Å². The van der Waals surface area contributed by atoms with Gasteiger partial charge >= 0.3 is 0 Å². The van der Waals surface area contributed by atoms with E-state index >= 15 is 0 Å². The van der Waals surface area contributed by atoms with Gasteiger partial charge in [-0.1, -0.05) is 6.07 Å². The van der Waals surface area contributed by atoms with Gasteiger partial charge in [-0.3, -0.25) is 9.78 Å². The number of rotatable bonds is 5. The number of carbonyl (C=O) groups excluding carboxylic acids is 1. The van der Waals surface area contributed by atoms with Crippen molar-refractivity contribution in [3.05, 3.63) is 41.7 Å². The Hall–Kier alpha value is -2.82. The number of aromatic nitrogens is 5. The smallest absolute Gasteiger partial charge is 0.229 e. The number of halogens is 1. The number of hydrogen-bond donors (Lipinski definition) is 4. The summed E-state index contributed by atoms with van der Waals surface area (Å²) in [5.74, 6) is -0.0353. The van der Waals surface area contributed by atoms with Crippen molar-refractivity contribution >= 4 is 34.5 Å². The summed E-state index contributed by atoms with van der Waals surface area (Å²) in [6.45, 7) is 0.469. The topological polar surface area (TPSA) is 138 Å². The molecule has 0 aromatic carbocycles. The Morgan fingerprint density at radius 2 is 2.23 bits per heavy atom.